The topological polar surface area (TPSA) is 73.6 Å². The summed E-state index contributed by atoms with van der Waals surface area (Å²) in [6.45, 7) is 3.27. The molecule has 0 atom stereocenters. The van der Waals surface area contributed by atoms with E-state index in [0.717, 1.165) is 4.47 Å². The van der Waals surface area contributed by atoms with Crippen LogP contribution in [0.2, 0.25) is 5.02 Å². The fourth-order valence-corrected chi connectivity index (χ4v) is 5.37. The fourth-order valence-electron chi connectivity index (χ4n) is 2.94. The van der Waals surface area contributed by atoms with E-state index in [1.165, 1.54) is 10.4 Å². The molecular formula is C19H19BrClN3O3S. The van der Waals surface area contributed by atoms with Gasteiger partial charge in [-0.1, -0.05) is 27.5 Å². The van der Waals surface area contributed by atoms with Gasteiger partial charge in [0.2, 0.25) is 10.0 Å². The Bertz CT molecular complexity index is 969. The van der Waals surface area contributed by atoms with Crippen LogP contribution in [0, 0.1) is 11.3 Å². The minimum Gasteiger partial charge on any atom is -0.492 e. The summed E-state index contributed by atoms with van der Waals surface area (Å²) in [4.78, 5) is 2.30. The molecule has 0 aromatic heterocycles. The van der Waals surface area contributed by atoms with Gasteiger partial charge in [-0.25, -0.2) is 8.42 Å². The average molecular weight is 485 g/mol. The minimum absolute atomic E-state index is 0.134. The van der Waals surface area contributed by atoms with Crippen molar-refractivity contribution in [3.63, 3.8) is 0 Å². The second kappa shape index (κ2) is 9.25. The lowest BCUT2D eigenvalue weighted by molar-refractivity contribution is 0.159. The predicted molar refractivity (Wildman–Crippen MR) is 111 cm³/mol. The van der Waals surface area contributed by atoms with Crippen molar-refractivity contribution >= 4 is 37.6 Å². The van der Waals surface area contributed by atoms with E-state index in [1.807, 2.05) is 0 Å². The van der Waals surface area contributed by atoms with Crippen LogP contribution in [0.4, 0.5) is 0 Å². The highest BCUT2D eigenvalue weighted by Gasteiger charge is 2.30. The molecule has 3 rings (SSSR count). The van der Waals surface area contributed by atoms with Gasteiger partial charge in [-0.3, -0.25) is 4.90 Å². The van der Waals surface area contributed by atoms with Crippen LogP contribution in [0.1, 0.15) is 5.56 Å². The first-order valence-corrected chi connectivity index (χ1v) is 11.3. The van der Waals surface area contributed by atoms with Crippen LogP contribution >= 0.6 is 27.5 Å². The van der Waals surface area contributed by atoms with Gasteiger partial charge in [-0.2, -0.15) is 9.57 Å². The molecule has 0 spiro atoms. The van der Waals surface area contributed by atoms with Gasteiger partial charge in [0.15, 0.2) is 0 Å². The van der Waals surface area contributed by atoms with Gasteiger partial charge in [-0.05, 0) is 42.5 Å². The van der Waals surface area contributed by atoms with E-state index in [9.17, 15) is 8.42 Å². The molecule has 0 unspecified atom stereocenters. The van der Waals surface area contributed by atoms with Crippen molar-refractivity contribution in [1.82, 2.24) is 9.21 Å². The summed E-state index contributed by atoms with van der Waals surface area (Å²) in [5.74, 6) is 0.713. The molecule has 28 heavy (non-hydrogen) atoms. The third-order valence-corrected chi connectivity index (χ3v) is 7.38. The Morgan fingerprint density at radius 1 is 1.11 bits per heavy atom. The second-order valence-corrected chi connectivity index (χ2v) is 9.53. The van der Waals surface area contributed by atoms with Gasteiger partial charge in [0.1, 0.15) is 17.3 Å². The number of hydrogen-bond acceptors (Lipinski definition) is 5. The molecule has 0 bridgehead atoms. The third kappa shape index (κ3) is 5.04. The molecule has 1 saturated heterocycles. The van der Waals surface area contributed by atoms with Crippen LogP contribution in [-0.2, 0) is 10.0 Å². The van der Waals surface area contributed by atoms with E-state index >= 15 is 0 Å². The molecule has 1 fully saturated rings. The number of benzene rings is 2. The zero-order valence-corrected chi connectivity index (χ0v) is 18.2. The Labute approximate surface area is 178 Å². The van der Waals surface area contributed by atoms with Gasteiger partial charge in [0.25, 0.3) is 0 Å². The van der Waals surface area contributed by atoms with Gasteiger partial charge < -0.3 is 4.74 Å². The quantitative estimate of drug-likeness (QED) is 0.629. The fraction of sp³-hybridized carbons (Fsp3) is 0.316. The van der Waals surface area contributed by atoms with E-state index in [0.29, 0.717) is 50.6 Å². The molecule has 1 aliphatic rings. The van der Waals surface area contributed by atoms with Crippen molar-refractivity contribution in [3.05, 3.63) is 57.5 Å². The zero-order chi connectivity index (χ0) is 20.1. The third-order valence-electron chi connectivity index (χ3n) is 4.50. The molecule has 6 nitrogen and oxygen atoms in total. The zero-order valence-electron chi connectivity index (χ0n) is 15.0. The summed E-state index contributed by atoms with van der Waals surface area (Å²) in [5, 5.41) is 9.02. The molecule has 1 heterocycles. The molecule has 0 aliphatic carbocycles. The second-order valence-electron chi connectivity index (χ2n) is 6.31. The number of ether oxygens (including phenoxy) is 1. The monoisotopic (exact) mass is 483 g/mol. The highest BCUT2D eigenvalue weighted by atomic mass is 79.9. The van der Waals surface area contributed by atoms with Crippen molar-refractivity contribution in [1.29, 1.82) is 5.26 Å². The number of piperazine rings is 1. The Kier molecular flexibility index (Phi) is 6.96. The Balaban J connectivity index is 1.50. The number of nitrogens with zero attached hydrogens (tertiary/aromatic N) is 3. The highest BCUT2D eigenvalue weighted by Crippen LogP contribution is 2.28. The molecule has 0 saturated carbocycles. The lowest BCUT2D eigenvalue weighted by atomic mass is 10.2. The van der Waals surface area contributed by atoms with Crippen molar-refractivity contribution in [3.8, 4) is 11.8 Å². The van der Waals surface area contributed by atoms with Crippen LogP contribution in [0.3, 0.4) is 0 Å². The van der Waals surface area contributed by atoms with E-state index in [-0.39, 0.29) is 9.92 Å². The minimum atomic E-state index is -3.61. The average Bonchev–Trinajstić information content (AvgIpc) is 2.68. The van der Waals surface area contributed by atoms with Crippen LogP contribution in [0.25, 0.3) is 0 Å². The number of rotatable bonds is 6. The number of sulfonamides is 1. The summed E-state index contributed by atoms with van der Waals surface area (Å²) in [5.41, 5.74) is 0.593. The molecule has 148 valence electrons. The Morgan fingerprint density at radius 3 is 2.39 bits per heavy atom. The maximum atomic E-state index is 12.8. The van der Waals surface area contributed by atoms with Crippen molar-refractivity contribution in [2.45, 2.75) is 4.90 Å². The van der Waals surface area contributed by atoms with Crippen LogP contribution in [0.5, 0.6) is 5.75 Å². The molecular weight excluding hydrogens is 466 g/mol. The summed E-state index contributed by atoms with van der Waals surface area (Å²) in [6, 6.07) is 13.8. The molecule has 0 radical (unpaired) electrons. The van der Waals surface area contributed by atoms with Gasteiger partial charge in [-0.15, -0.1) is 0 Å². The molecule has 0 N–H and O–H groups in total. The van der Waals surface area contributed by atoms with Crippen molar-refractivity contribution in [2.75, 3.05) is 39.3 Å². The first-order chi connectivity index (χ1) is 13.4. The summed E-state index contributed by atoms with van der Waals surface area (Å²) in [6.07, 6.45) is 0. The Morgan fingerprint density at radius 2 is 1.79 bits per heavy atom. The lowest BCUT2D eigenvalue weighted by Crippen LogP contribution is -2.49. The van der Waals surface area contributed by atoms with Crippen molar-refractivity contribution in [2.24, 2.45) is 0 Å². The van der Waals surface area contributed by atoms with Gasteiger partial charge in [0, 0.05) is 37.2 Å². The van der Waals surface area contributed by atoms with Gasteiger partial charge in [0.05, 0.1) is 16.7 Å². The van der Waals surface area contributed by atoms with Crippen LogP contribution in [-0.4, -0.2) is 57.0 Å². The van der Waals surface area contributed by atoms with E-state index in [2.05, 4.69) is 26.9 Å². The summed E-state index contributed by atoms with van der Waals surface area (Å²) in [7, 11) is -3.61. The number of hydrogen-bond donors (Lipinski definition) is 0. The number of nitriles is 1. The number of halogens is 2. The van der Waals surface area contributed by atoms with E-state index < -0.39 is 10.0 Å². The maximum absolute atomic E-state index is 12.8. The maximum Gasteiger partial charge on any atom is 0.244 e. The van der Waals surface area contributed by atoms with Crippen LogP contribution < -0.4 is 4.74 Å². The smallest absolute Gasteiger partial charge is 0.244 e. The summed E-state index contributed by atoms with van der Waals surface area (Å²) < 4.78 is 33.6. The Hall–Kier alpha value is -1.63. The standard InChI is InChI=1S/C19H19BrClN3O3S/c20-16-3-6-19(18(21)13-16)28(25,26)24-9-7-23(8-10-24)11-12-27-17-4-1-15(14-22)2-5-17/h1-6,13H,7-12H2. The predicted octanol–water partition coefficient (Wildman–Crippen LogP) is 3.36. The molecule has 9 heteroatoms. The highest BCUT2D eigenvalue weighted by molar-refractivity contribution is 9.10. The van der Waals surface area contributed by atoms with Crippen LogP contribution in [0.15, 0.2) is 51.8 Å². The largest absolute Gasteiger partial charge is 0.492 e. The normalized spacial score (nSPS) is 15.9. The summed E-state index contributed by atoms with van der Waals surface area (Å²) >= 11 is 9.42. The molecule has 2 aromatic carbocycles. The lowest BCUT2D eigenvalue weighted by Gasteiger charge is -2.34. The SMILES string of the molecule is N#Cc1ccc(OCCN2CCN(S(=O)(=O)c3ccc(Br)cc3Cl)CC2)cc1. The first-order valence-electron chi connectivity index (χ1n) is 8.70. The van der Waals surface area contributed by atoms with E-state index in [4.69, 9.17) is 21.6 Å². The molecule has 2 aromatic rings. The molecule has 1 aliphatic heterocycles. The van der Waals surface area contributed by atoms with Crippen molar-refractivity contribution < 1.29 is 13.2 Å². The van der Waals surface area contributed by atoms with E-state index in [1.54, 1.807) is 36.4 Å². The molecule has 0 amide bonds. The first kappa shape index (κ1) is 21.1. The van der Waals surface area contributed by atoms with Gasteiger partial charge >= 0.3 is 0 Å².